The quantitative estimate of drug-likeness (QED) is 0.550. The van der Waals surface area contributed by atoms with Gasteiger partial charge in [-0.05, 0) is 35.2 Å². The first kappa shape index (κ1) is 16.8. The predicted octanol–water partition coefficient (Wildman–Crippen LogP) is 3.08. The number of amides is 1. The fourth-order valence-corrected chi connectivity index (χ4v) is 3.11. The minimum atomic E-state index is -0.774. The number of phenols is 1. The number of ketones is 1. The number of carbonyl (C=O) groups is 3. The average Bonchev–Trinajstić information content (AvgIpc) is 3.05. The van der Waals surface area contributed by atoms with Crippen LogP contribution in [0.25, 0.3) is 10.8 Å². The van der Waals surface area contributed by atoms with Gasteiger partial charge in [0.25, 0.3) is 0 Å². The maximum atomic E-state index is 12.3. The molecule has 3 aromatic carbocycles. The lowest BCUT2D eigenvalue weighted by molar-refractivity contribution is -0.115. The number of carbonyl (C=O) groups excluding carboxylic acids is 3. The Morgan fingerprint density at radius 2 is 1.89 bits per heavy atom. The van der Waals surface area contributed by atoms with E-state index in [1.165, 1.54) is 6.07 Å². The summed E-state index contributed by atoms with van der Waals surface area (Å²) < 4.78 is 5.08. The standard InChI is InChI=1S/C21H15NO5/c23-18(13-6-8-17-14(9-13)10-19(24)22-17)11-27-21(26)16-7-5-12-3-1-2-4-15(12)20(16)25/h1-9,25H,10-11H2,(H,22,24). The Kier molecular flexibility index (Phi) is 4.08. The third-order valence-electron chi connectivity index (χ3n) is 4.51. The molecule has 0 fully saturated rings. The summed E-state index contributed by atoms with van der Waals surface area (Å²) in [5.74, 6) is -1.45. The van der Waals surface area contributed by atoms with Crippen molar-refractivity contribution in [3.8, 4) is 5.75 Å². The van der Waals surface area contributed by atoms with Gasteiger partial charge in [0, 0.05) is 16.6 Å². The largest absolute Gasteiger partial charge is 0.506 e. The lowest BCUT2D eigenvalue weighted by Crippen LogP contribution is -2.14. The number of phenolic OH excluding ortho intramolecular Hbond substituents is 1. The Hall–Kier alpha value is -3.67. The molecule has 0 saturated carbocycles. The Morgan fingerprint density at radius 1 is 1.07 bits per heavy atom. The fraction of sp³-hybridized carbons (Fsp3) is 0.0952. The number of rotatable bonds is 4. The molecule has 1 heterocycles. The van der Waals surface area contributed by atoms with Crippen LogP contribution in [-0.2, 0) is 16.0 Å². The van der Waals surface area contributed by atoms with Gasteiger partial charge < -0.3 is 15.2 Å². The number of hydrogen-bond acceptors (Lipinski definition) is 5. The fourth-order valence-electron chi connectivity index (χ4n) is 3.11. The maximum absolute atomic E-state index is 12.3. The molecule has 0 unspecified atom stereocenters. The van der Waals surface area contributed by atoms with E-state index in [4.69, 9.17) is 4.74 Å². The third-order valence-corrected chi connectivity index (χ3v) is 4.51. The predicted molar refractivity (Wildman–Crippen MR) is 99.0 cm³/mol. The normalized spacial score (nSPS) is 12.5. The van der Waals surface area contributed by atoms with Crippen LogP contribution in [-0.4, -0.2) is 29.4 Å². The summed E-state index contributed by atoms with van der Waals surface area (Å²) >= 11 is 0. The van der Waals surface area contributed by atoms with Crippen molar-refractivity contribution < 1.29 is 24.2 Å². The van der Waals surface area contributed by atoms with Gasteiger partial charge in [0.2, 0.25) is 5.91 Å². The molecular weight excluding hydrogens is 346 g/mol. The summed E-state index contributed by atoms with van der Waals surface area (Å²) in [6.45, 7) is -0.453. The van der Waals surface area contributed by atoms with Crippen LogP contribution in [0.3, 0.4) is 0 Å². The van der Waals surface area contributed by atoms with E-state index in [1.807, 2.05) is 12.1 Å². The first-order valence-corrected chi connectivity index (χ1v) is 8.37. The Bertz CT molecular complexity index is 1100. The monoisotopic (exact) mass is 361 g/mol. The van der Waals surface area contributed by atoms with E-state index in [-0.39, 0.29) is 29.4 Å². The number of nitrogens with one attached hydrogen (secondary N) is 1. The molecule has 134 valence electrons. The van der Waals surface area contributed by atoms with E-state index in [2.05, 4.69) is 5.32 Å². The van der Waals surface area contributed by atoms with Gasteiger partial charge >= 0.3 is 5.97 Å². The van der Waals surface area contributed by atoms with Crippen molar-refractivity contribution in [3.05, 3.63) is 71.3 Å². The van der Waals surface area contributed by atoms with Crippen LogP contribution >= 0.6 is 0 Å². The van der Waals surface area contributed by atoms with Gasteiger partial charge in [-0.1, -0.05) is 30.3 Å². The summed E-state index contributed by atoms with van der Waals surface area (Å²) in [5, 5.41) is 14.3. The van der Waals surface area contributed by atoms with Crippen LogP contribution in [0, 0.1) is 0 Å². The van der Waals surface area contributed by atoms with Crippen molar-refractivity contribution in [1.29, 1.82) is 0 Å². The van der Waals surface area contributed by atoms with E-state index in [9.17, 15) is 19.5 Å². The van der Waals surface area contributed by atoms with Gasteiger partial charge in [0.1, 0.15) is 11.3 Å². The SMILES string of the molecule is O=C1Cc2cc(C(=O)COC(=O)c3ccc4ccccc4c3O)ccc2N1. The van der Waals surface area contributed by atoms with Crippen LogP contribution in [0.1, 0.15) is 26.3 Å². The van der Waals surface area contributed by atoms with Crippen molar-refractivity contribution in [2.24, 2.45) is 0 Å². The second-order valence-corrected chi connectivity index (χ2v) is 6.28. The summed E-state index contributed by atoms with van der Waals surface area (Å²) in [7, 11) is 0. The molecule has 0 aromatic heterocycles. The number of fused-ring (bicyclic) bond motifs is 2. The molecule has 0 spiro atoms. The highest BCUT2D eigenvalue weighted by Gasteiger charge is 2.21. The van der Waals surface area contributed by atoms with Crippen molar-refractivity contribution in [3.63, 3.8) is 0 Å². The molecule has 1 aliphatic heterocycles. The van der Waals surface area contributed by atoms with E-state index in [0.717, 1.165) is 10.9 Å². The molecule has 27 heavy (non-hydrogen) atoms. The van der Waals surface area contributed by atoms with E-state index < -0.39 is 12.6 Å². The van der Waals surface area contributed by atoms with Crippen LogP contribution in [0.4, 0.5) is 5.69 Å². The summed E-state index contributed by atoms with van der Waals surface area (Å²) in [6, 6.07) is 15.1. The second kappa shape index (κ2) is 6.57. The number of ether oxygens (including phenoxy) is 1. The molecule has 4 rings (SSSR count). The van der Waals surface area contributed by atoms with Crippen molar-refractivity contribution in [1.82, 2.24) is 0 Å². The van der Waals surface area contributed by atoms with Gasteiger partial charge in [-0.15, -0.1) is 0 Å². The highest BCUT2D eigenvalue weighted by atomic mass is 16.5. The van der Waals surface area contributed by atoms with E-state index in [0.29, 0.717) is 16.6 Å². The van der Waals surface area contributed by atoms with Crippen molar-refractivity contribution in [2.75, 3.05) is 11.9 Å². The zero-order valence-electron chi connectivity index (χ0n) is 14.2. The molecule has 0 bridgehead atoms. The summed E-state index contributed by atoms with van der Waals surface area (Å²) in [4.78, 5) is 36.0. The Labute approximate surface area is 154 Å². The number of Topliss-reactive ketones (excluding diaryl/α,β-unsaturated/α-hetero) is 1. The number of hydrogen-bond donors (Lipinski definition) is 2. The van der Waals surface area contributed by atoms with E-state index in [1.54, 1.807) is 36.4 Å². The Balaban J connectivity index is 1.48. The Morgan fingerprint density at radius 3 is 2.74 bits per heavy atom. The van der Waals surface area contributed by atoms with Gasteiger partial charge in [0.15, 0.2) is 12.4 Å². The lowest BCUT2D eigenvalue weighted by Gasteiger charge is -2.09. The molecular formula is C21H15NO5. The molecule has 3 aromatic rings. The molecule has 1 aliphatic rings. The highest BCUT2D eigenvalue weighted by molar-refractivity contribution is 6.04. The lowest BCUT2D eigenvalue weighted by atomic mass is 10.0. The minimum absolute atomic E-state index is 0.00486. The minimum Gasteiger partial charge on any atom is -0.506 e. The summed E-state index contributed by atoms with van der Waals surface area (Å²) in [5.41, 5.74) is 1.80. The molecule has 2 N–H and O–H groups in total. The second-order valence-electron chi connectivity index (χ2n) is 6.28. The topological polar surface area (TPSA) is 92.7 Å². The van der Waals surface area contributed by atoms with Crippen molar-refractivity contribution >= 4 is 34.1 Å². The number of aromatic hydroxyl groups is 1. The molecule has 0 atom stereocenters. The third kappa shape index (κ3) is 3.13. The molecule has 0 radical (unpaired) electrons. The molecule has 6 heteroatoms. The first-order valence-electron chi connectivity index (χ1n) is 8.37. The number of esters is 1. The summed E-state index contributed by atoms with van der Waals surface area (Å²) in [6.07, 6.45) is 0.223. The first-order chi connectivity index (χ1) is 13.0. The average molecular weight is 361 g/mol. The van der Waals surface area contributed by atoms with Gasteiger partial charge in [-0.25, -0.2) is 4.79 Å². The smallest absolute Gasteiger partial charge is 0.342 e. The van der Waals surface area contributed by atoms with Gasteiger partial charge in [-0.3, -0.25) is 9.59 Å². The van der Waals surface area contributed by atoms with Gasteiger partial charge in [0.05, 0.1) is 6.42 Å². The van der Waals surface area contributed by atoms with Crippen LogP contribution in [0.5, 0.6) is 5.75 Å². The van der Waals surface area contributed by atoms with Crippen LogP contribution in [0.2, 0.25) is 0 Å². The van der Waals surface area contributed by atoms with Crippen LogP contribution < -0.4 is 5.32 Å². The molecule has 6 nitrogen and oxygen atoms in total. The van der Waals surface area contributed by atoms with Crippen LogP contribution in [0.15, 0.2) is 54.6 Å². The maximum Gasteiger partial charge on any atom is 0.342 e. The zero-order valence-corrected chi connectivity index (χ0v) is 14.2. The van der Waals surface area contributed by atoms with Gasteiger partial charge in [-0.2, -0.15) is 0 Å². The molecule has 0 saturated heterocycles. The number of benzene rings is 3. The highest BCUT2D eigenvalue weighted by Crippen LogP contribution is 2.29. The molecule has 0 aliphatic carbocycles. The zero-order chi connectivity index (χ0) is 19.0. The van der Waals surface area contributed by atoms with E-state index >= 15 is 0 Å². The van der Waals surface area contributed by atoms with Crippen molar-refractivity contribution in [2.45, 2.75) is 6.42 Å². The molecule has 1 amide bonds. The number of anilines is 1.